The standard InChI is InChI=1S/C43H31N3/c1-3-9-30(10-4-1)32-15-21-35(22-16-32)41-27-42(46-43(45-41)37-25-17-33(18-26-37)31-11-5-2-6-12-31)36-23-19-34(20-24-36)40-29-44-28-38-13-7-8-14-39(38)40/h1-19,21-29,34H,20H2. The van der Waals surface area contributed by atoms with E-state index in [0.717, 1.165) is 34.5 Å². The third kappa shape index (κ3) is 5.55. The first-order chi connectivity index (χ1) is 22.8. The van der Waals surface area contributed by atoms with Crippen LogP contribution in [0.1, 0.15) is 23.6 Å². The first-order valence-corrected chi connectivity index (χ1v) is 15.7. The van der Waals surface area contributed by atoms with Gasteiger partial charge in [0.25, 0.3) is 0 Å². The fourth-order valence-corrected chi connectivity index (χ4v) is 6.25. The van der Waals surface area contributed by atoms with Gasteiger partial charge in [0, 0.05) is 34.8 Å². The van der Waals surface area contributed by atoms with E-state index in [2.05, 4.69) is 151 Å². The number of benzene rings is 5. The van der Waals surface area contributed by atoms with Gasteiger partial charge in [0.05, 0.1) is 11.4 Å². The molecule has 1 unspecified atom stereocenters. The fraction of sp³-hybridized carbons (Fsp3) is 0.0465. The van der Waals surface area contributed by atoms with Crippen molar-refractivity contribution in [3.05, 3.63) is 181 Å². The summed E-state index contributed by atoms with van der Waals surface area (Å²) in [5.74, 6) is 0.980. The number of aromatic nitrogens is 3. The summed E-state index contributed by atoms with van der Waals surface area (Å²) in [5, 5.41) is 2.43. The molecule has 5 aromatic carbocycles. The van der Waals surface area contributed by atoms with E-state index in [0.29, 0.717) is 5.82 Å². The first kappa shape index (κ1) is 27.6. The fourth-order valence-electron chi connectivity index (χ4n) is 6.25. The molecule has 218 valence electrons. The normalized spacial score (nSPS) is 14.3. The van der Waals surface area contributed by atoms with E-state index in [1.54, 1.807) is 0 Å². The van der Waals surface area contributed by atoms with Gasteiger partial charge in [-0.3, -0.25) is 4.98 Å². The number of nitrogens with zero attached hydrogens (tertiary/aromatic N) is 3. The summed E-state index contributed by atoms with van der Waals surface area (Å²) in [4.78, 5) is 14.8. The van der Waals surface area contributed by atoms with Crippen molar-refractivity contribution in [1.29, 1.82) is 0 Å². The van der Waals surface area contributed by atoms with Crippen LogP contribution in [0.2, 0.25) is 0 Å². The lowest BCUT2D eigenvalue weighted by Gasteiger charge is -2.18. The van der Waals surface area contributed by atoms with Crippen LogP contribution in [0.15, 0.2) is 170 Å². The van der Waals surface area contributed by atoms with Crippen LogP contribution in [0.25, 0.3) is 61.2 Å². The number of fused-ring (bicyclic) bond motifs is 1. The Balaban J connectivity index is 1.16. The molecule has 0 aliphatic heterocycles. The summed E-state index contributed by atoms with van der Waals surface area (Å²) < 4.78 is 0. The second kappa shape index (κ2) is 12.2. The molecular weight excluding hydrogens is 558 g/mol. The lowest BCUT2D eigenvalue weighted by molar-refractivity contribution is 0.858. The van der Waals surface area contributed by atoms with E-state index in [9.17, 15) is 0 Å². The molecule has 2 aromatic heterocycles. The SMILES string of the molecule is C1=CC(c2cncc3ccccc23)CC=C1c1cc(-c2ccc(-c3ccccc3)cc2)nc(-c2ccc(-c3ccccc3)cc2)n1. The maximum Gasteiger partial charge on any atom is 0.160 e. The van der Waals surface area contributed by atoms with Gasteiger partial charge in [0.2, 0.25) is 0 Å². The van der Waals surface area contributed by atoms with E-state index in [1.807, 2.05) is 24.5 Å². The minimum atomic E-state index is 0.263. The second-order valence-corrected chi connectivity index (χ2v) is 11.7. The topological polar surface area (TPSA) is 38.7 Å². The van der Waals surface area contributed by atoms with Crippen molar-refractivity contribution in [2.45, 2.75) is 12.3 Å². The van der Waals surface area contributed by atoms with Crippen LogP contribution >= 0.6 is 0 Å². The largest absolute Gasteiger partial charge is 0.264 e. The molecule has 0 radical (unpaired) electrons. The van der Waals surface area contributed by atoms with Crippen LogP contribution in [0.3, 0.4) is 0 Å². The van der Waals surface area contributed by atoms with Crippen molar-refractivity contribution in [2.24, 2.45) is 0 Å². The van der Waals surface area contributed by atoms with Crippen LogP contribution < -0.4 is 0 Å². The van der Waals surface area contributed by atoms with Gasteiger partial charge in [0.15, 0.2) is 5.82 Å². The summed E-state index contributed by atoms with van der Waals surface area (Å²) in [7, 11) is 0. The van der Waals surface area contributed by atoms with Crippen LogP contribution in [-0.2, 0) is 0 Å². The number of allylic oxidation sites excluding steroid dienone is 4. The third-order valence-corrected chi connectivity index (χ3v) is 8.76. The maximum atomic E-state index is 5.13. The highest BCUT2D eigenvalue weighted by Crippen LogP contribution is 2.35. The quantitative estimate of drug-likeness (QED) is 0.194. The van der Waals surface area contributed by atoms with Crippen LogP contribution in [0, 0.1) is 0 Å². The number of hydrogen-bond acceptors (Lipinski definition) is 3. The molecule has 1 aliphatic rings. The van der Waals surface area contributed by atoms with Gasteiger partial charge in [-0.05, 0) is 51.3 Å². The van der Waals surface area contributed by atoms with Gasteiger partial charge in [-0.1, -0.05) is 152 Å². The molecule has 2 heterocycles. The Hall–Kier alpha value is -5.93. The smallest absolute Gasteiger partial charge is 0.160 e. The summed E-state index contributed by atoms with van der Waals surface area (Å²) in [6.45, 7) is 0. The Morgan fingerprint density at radius 2 is 1.07 bits per heavy atom. The highest BCUT2D eigenvalue weighted by atomic mass is 14.9. The van der Waals surface area contributed by atoms with Crippen molar-refractivity contribution in [3.8, 4) is 44.9 Å². The Morgan fingerprint density at radius 3 is 1.72 bits per heavy atom. The average Bonchev–Trinajstić information content (AvgIpc) is 3.15. The highest BCUT2D eigenvalue weighted by Gasteiger charge is 2.18. The lowest BCUT2D eigenvalue weighted by Crippen LogP contribution is -2.03. The zero-order chi connectivity index (χ0) is 30.7. The number of rotatable bonds is 6. The van der Waals surface area contributed by atoms with Gasteiger partial charge in [0.1, 0.15) is 0 Å². The monoisotopic (exact) mass is 589 g/mol. The van der Waals surface area contributed by atoms with E-state index in [4.69, 9.17) is 9.97 Å². The van der Waals surface area contributed by atoms with E-state index in [-0.39, 0.29) is 5.92 Å². The predicted octanol–water partition coefficient (Wildman–Crippen LogP) is 10.8. The van der Waals surface area contributed by atoms with Gasteiger partial charge < -0.3 is 0 Å². The van der Waals surface area contributed by atoms with Crippen molar-refractivity contribution in [3.63, 3.8) is 0 Å². The van der Waals surface area contributed by atoms with Gasteiger partial charge in [-0.15, -0.1) is 0 Å². The molecule has 1 aliphatic carbocycles. The van der Waals surface area contributed by atoms with Gasteiger partial charge in [-0.25, -0.2) is 9.97 Å². The first-order valence-electron chi connectivity index (χ1n) is 15.7. The van der Waals surface area contributed by atoms with Crippen LogP contribution in [0.5, 0.6) is 0 Å². The highest BCUT2D eigenvalue weighted by molar-refractivity contribution is 5.86. The second-order valence-electron chi connectivity index (χ2n) is 11.7. The van der Waals surface area contributed by atoms with Crippen molar-refractivity contribution in [1.82, 2.24) is 15.0 Å². The molecule has 46 heavy (non-hydrogen) atoms. The summed E-state index contributed by atoms with van der Waals surface area (Å²) in [6.07, 6.45) is 11.6. The Bertz CT molecular complexity index is 2090. The Kier molecular flexibility index (Phi) is 7.33. The van der Waals surface area contributed by atoms with Crippen molar-refractivity contribution in [2.75, 3.05) is 0 Å². The van der Waals surface area contributed by atoms with Gasteiger partial charge in [-0.2, -0.15) is 0 Å². The van der Waals surface area contributed by atoms with Crippen molar-refractivity contribution >= 4 is 16.3 Å². The molecule has 0 N–H and O–H groups in total. The zero-order valence-electron chi connectivity index (χ0n) is 25.3. The minimum Gasteiger partial charge on any atom is -0.264 e. The molecule has 8 rings (SSSR count). The molecule has 0 bridgehead atoms. The molecule has 0 amide bonds. The number of hydrogen-bond donors (Lipinski definition) is 0. The maximum absolute atomic E-state index is 5.13. The van der Waals surface area contributed by atoms with Crippen molar-refractivity contribution < 1.29 is 0 Å². The third-order valence-electron chi connectivity index (χ3n) is 8.76. The molecule has 0 spiro atoms. The number of pyridine rings is 1. The summed E-state index contributed by atoms with van der Waals surface area (Å²) in [6, 6.07) is 48.7. The molecule has 0 saturated carbocycles. The van der Waals surface area contributed by atoms with Crippen LogP contribution in [0.4, 0.5) is 0 Å². The van der Waals surface area contributed by atoms with E-state index < -0.39 is 0 Å². The minimum absolute atomic E-state index is 0.263. The molecule has 1 atom stereocenters. The van der Waals surface area contributed by atoms with E-state index >= 15 is 0 Å². The molecule has 7 aromatic rings. The van der Waals surface area contributed by atoms with Gasteiger partial charge >= 0.3 is 0 Å². The molecular formula is C43H31N3. The molecule has 0 saturated heterocycles. The Labute approximate surface area is 269 Å². The predicted molar refractivity (Wildman–Crippen MR) is 190 cm³/mol. The summed E-state index contributed by atoms with van der Waals surface area (Å²) in [5.41, 5.74) is 11.0. The lowest BCUT2D eigenvalue weighted by atomic mass is 9.87. The molecule has 3 heteroatoms. The Morgan fingerprint density at radius 1 is 0.500 bits per heavy atom. The van der Waals surface area contributed by atoms with Crippen LogP contribution in [-0.4, -0.2) is 15.0 Å². The van der Waals surface area contributed by atoms with E-state index in [1.165, 1.54) is 38.6 Å². The average molecular weight is 590 g/mol. The molecule has 0 fully saturated rings. The summed E-state index contributed by atoms with van der Waals surface area (Å²) >= 11 is 0. The molecule has 3 nitrogen and oxygen atoms in total. The zero-order valence-corrected chi connectivity index (χ0v) is 25.3.